The smallest absolute Gasteiger partial charge is 0.192 e. The summed E-state index contributed by atoms with van der Waals surface area (Å²) in [5.41, 5.74) is 2.44. The highest BCUT2D eigenvalue weighted by atomic mass is 28.4. The third kappa shape index (κ3) is 7.03. The number of ether oxygens (including phenoxy) is 1. The Balaban J connectivity index is 2.08. The van der Waals surface area contributed by atoms with Gasteiger partial charge in [0, 0.05) is 17.8 Å². The second kappa shape index (κ2) is 13.4. The van der Waals surface area contributed by atoms with Crippen LogP contribution in [0.2, 0.25) is 18.1 Å². The van der Waals surface area contributed by atoms with Crippen molar-refractivity contribution in [3.63, 3.8) is 0 Å². The van der Waals surface area contributed by atoms with Gasteiger partial charge in [-0.2, -0.15) is 0 Å². The number of hydrogen-bond donors (Lipinski definition) is 1. The Labute approximate surface area is 244 Å². The summed E-state index contributed by atoms with van der Waals surface area (Å²) in [4.78, 5) is 0. The molecule has 1 N–H and O–H groups in total. The Morgan fingerprint density at radius 1 is 0.775 bits per heavy atom. The Morgan fingerprint density at radius 2 is 1.18 bits per heavy atom. The van der Waals surface area contributed by atoms with Gasteiger partial charge < -0.3 is 14.3 Å². The molecule has 0 amide bonds. The Morgan fingerprint density at radius 3 is 1.52 bits per heavy atom. The second-order valence-corrected chi connectivity index (χ2v) is 17.6. The maximum Gasteiger partial charge on any atom is 0.192 e. The molecular weight excluding hydrogens is 508 g/mol. The summed E-state index contributed by atoms with van der Waals surface area (Å²) in [6, 6.07) is 31.4. The third-order valence-electron chi connectivity index (χ3n) is 8.87. The van der Waals surface area contributed by atoms with E-state index >= 15 is 0 Å². The molecule has 3 nitrogen and oxygen atoms in total. The van der Waals surface area contributed by atoms with Crippen molar-refractivity contribution in [3.8, 4) is 0 Å². The van der Waals surface area contributed by atoms with Crippen molar-refractivity contribution in [2.75, 3.05) is 6.61 Å². The summed E-state index contributed by atoms with van der Waals surface area (Å²) in [5.74, 6) is -0.114. The first-order valence-electron chi connectivity index (χ1n) is 14.6. The average Bonchev–Trinajstić information content (AvgIpc) is 2.96. The number of aliphatic hydroxyl groups is 1. The molecule has 0 saturated carbocycles. The largest absolute Gasteiger partial charge is 0.413 e. The molecule has 0 aromatic heterocycles. The quantitative estimate of drug-likeness (QED) is 0.129. The lowest BCUT2D eigenvalue weighted by Crippen LogP contribution is -2.50. The van der Waals surface area contributed by atoms with Crippen LogP contribution in [0, 0.1) is 17.8 Å². The van der Waals surface area contributed by atoms with E-state index in [1.165, 1.54) is 0 Å². The van der Waals surface area contributed by atoms with E-state index in [0.29, 0.717) is 6.61 Å². The molecule has 4 heteroatoms. The number of aliphatic hydroxyl groups excluding tert-OH is 1. The third-order valence-corrected chi connectivity index (χ3v) is 13.3. The van der Waals surface area contributed by atoms with Gasteiger partial charge in [-0.1, -0.05) is 139 Å². The standard InChI is InChI=1S/C36H50O3Si/c1-10-27(2)33(37)29(4)34(39-40(8,9)35(5,6)7)28(3)26-38-36(30-20-14-11-15-21-30,31-22-16-12-17-23-31)32-24-18-13-19-25-32/h10-25,27-29,33-34,37H,1,26H2,2-9H3/t27-,28-,29+,33-,34+/m0/s1. The van der Waals surface area contributed by atoms with E-state index in [1.807, 2.05) is 31.2 Å². The van der Waals surface area contributed by atoms with Gasteiger partial charge in [-0.3, -0.25) is 0 Å². The van der Waals surface area contributed by atoms with Gasteiger partial charge in [0.05, 0.1) is 18.8 Å². The van der Waals surface area contributed by atoms with Gasteiger partial charge in [0.1, 0.15) is 5.60 Å². The zero-order valence-corrected chi connectivity index (χ0v) is 26.8. The molecule has 216 valence electrons. The van der Waals surface area contributed by atoms with Gasteiger partial charge in [0.15, 0.2) is 8.32 Å². The summed E-state index contributed by atoms with van der Waals surface area (Å²) in [5, 5.41) is 11.3. The highest BCUT2D eigenvalue weighted by Crippen LogP contribution is 2.43. The first kappa shape index (κ1) is 32.0. The predicted octanol–water partition coefficient (Wildman–Crippen LogP) is 8.84. The normalized spacial score (nSPS) is 16.5. The van der Waals surface area contributed by atoms with Crippen LogP contribution in [0.1, 0.15) is 58.2 Å². The van der Waals surface area contributed by atoms with Crippen LogP contribution in [-0.2, 0) is 14.8 Å². The molecule has 0 fully saturated rings. The molecule has 3 rings (SSSR count). The summed E-state index contributed by atoms with van der Waals surface area (Å²) in [7, 11) is -2.14. The minimum absolute atomic E-state index is 0.0197. The summed E-state index contributed by atoms with van der Waals surface area (Å²) in [6.45, 7) is 22.1. The van der Waals surface area contributed by atoms with Crippen molar-refractivity contribution in [2.24, 2.45) is 17.8 Å². The highest BCUT2D eigenvalue weighted by molar-refractivity contribution is 6.74. The summed E-state index contributed by atoms with van der Waals surface area (Å²) < 4.78 is 14.3. The predicted molar refractivity (Wildman–Crippen MR) is 171 cm³/mol. The molecule has 0 spiro atoms. The first-order chi connectivity index (χ1) is 18.8. The highest BCUT2D eigenvalue weighted by Gasteiger charge is 2.44. The van der Waals surface area contributed by atoms with Crippen LogP contribution in [-0.4, -0.2) is 32.2 Å². The van der Waals surface area contributed by atoms with Gasteiger partial charge in [-0.25, -0.2) is 0 Å². The van der Waals surface area contributed by atoms with Gasteiger partial charge in [-0.15, -0.1) is 6.58 Å². The van der Waals surface area contributed by atoms with Crippen LogP contribution in [0.25, 0.3) is 0 Å². The molecule has 3 aromatic rings. The van der Waals surface area contributed by atoms with Crippen molar-refractivity contribution in [2.45, 2.75) is 77.5 Å². The fraction of sp³-hybridized carbons (Fsp3) is 0.444. The molecule has 0 radical (unpaired) electrons. The van der Waals surface area contributed by atoms with Gasteiger partial charge in [0.25, 0.3) is 0 Å². The van der Waals surface area contributed by atoms with Gasteiger partial charge in [0.2, 0.25) is 0 Å². The van der Waals surface area contributed by atoms with E-state index in [2.05, 4.69) is 127 Å². The van der Waals surface area contributed by atoms with Crippen LogP contribution >= 0.6 is 0 Å². The SMILES string of the molecule is C=C[C@H](C)[C@H](O)[C@@H](C)[C@H](O[Si](C)(C)C(C)(C)C)[C@@H](C)COC(c1ccccc1)(c1ccccc1)c1ccccc1. The number of rotatable bonds is 13. The zero-order valence-electron chi connectivity index (χ0n) is 25.8. The first-order valence-corrected chi connectivity index (χ1v) is 17.5. The molecular formula is C36H50O3Si. The van der Waals surface area contributed by atoms with E-state index < -0.39 is 20.0 Å². The van der Waals surface area contributed by atoms with Crippen molar-refractivity contribution < 1.29 is 14.3 Å². The fourth-order valence-electron chi connectivity index (χ4n) is 5.19. The fourth-order valence-corrected chi connectivity index (χ4v) is 6.67. The molecule has 0 aliphatic heterocycles. The molecule has 0 aliphatic rings. The van der Waals surface area contributed by atoms with Crippen molar-refractivity contribution in [1.82, 2.24) is 0 Å². The van der Waals surface area contributed by atoms with E-state index in [9.17, 15) is 5.11 Å². The maximum atomic E-state index is 11.3. The molecule has 5 atom stereocenters. The zero-order chi connectivity index (χ0) is 29.6. The van der Waals surface area contributed by atoms with E-state index in [1.54, 1.807) is 0 Å². The second-order valence-electron chi connectivity index (χ2n) is 12.9. The van der Waals surface area contributed by atoms with E-state index in [4.69, 9.17) is 9.16 Å². The summed E-state index contributed by atoms with van der Waals surface area (Å²) in [6.07, 6.45) is 1.09. The molecule has 3 aromatic carbocycles. The van der Waals surface area contributed by atoms with E-state index in [0.717, 1.165) is 16.7 Å². The lowest BCUT2D eigenvalue weighted by atomic mass is 9.79. The molecule has 0 saturated heterocycles. The lowest BCUT2D eigenvalue weighted by molar-refractivity contribution is -0.0624. The maximum absolute atomic E-state index is 11.3. The molecule has 0 bridgehead atoms. The van der Waals surface area contributed by atoms with Crippen LogP contribution in [0.3, 0.4) is 0 Å². The minimum Gasteiger partial charge on any atom is -0.413 e. The topological polar surface area (TPSA) is 38.7 Å². The lowest BCUT2D eigenvalue weighted by Gasteiger charge is -2.45. The Hall–Kier alpha value is -2.50. The van der Waals surface area contributed by atoms with Gasteiger partial charge >= 0.3 is 0 Å². The van der Waals surface area contributed by atoms with Gasteiger partial charge in [-0.05, 0) is 34.8 Å². The molecule has 0 heterocycles. The van der Waals surface area contributed by atoms with Crippen LogP contribution < -0.4 is 0 Å². The van der Waals surface area contributed by atoms with Crippen LogP contribution in [0.15, 0.2) is 104 Å². The van der Waals surface area contributed by atoms with Crippen LogP contribution in [0.5, 0.6) is 0 Å². The Bertz CT molecular complexity index is 1070. The van der Waals surface area contributed by atoms with Crippen molar-refractivity contribution in [1.29, 1.82) is 0 Å². The van der Waals surface area contributed by atoms with Crippen LogP contribution in [0.4, 0.5) is 0 Å². The number of hydrogen-bond acceptors (Lipinski definition) is 3. The molecule has 40 heavy (non-hydrogen) atoms. The Kier molecular flexibility index (Phi) is 10.8. The summed E-state index contributed by atoms with van der Waals surface area (Å²) >= 11 is 0. The minimum atomic E-state index is -2.14. The monoisotopic (exact) mass is 558 g/mol. The van der Waals surface area contributed by atoms with Crippen molar-refractivity contribution >= 4 is 8.32 Å². The average molecular weight is 559 g/mol. The van der Waals surface area contributed by atoms with Crippen molar-refractivity contribution in [3.05, 3.63) is 120 Å². The molecule has 0 unspecified atom stereocenters. The number of benzene rings is 3. The molecule has 0 aliphatic carbocycles. The van der Waals surface area contributed by atoms with E-state index in [-0.39, 0.29) is 28.9 Å².